The normalized spacial score (nSPS) is 11.1. The van der Waals surface area contributed by atoms with Crippen LogP contribution in [0.3, 0.4) is 0 Å². The smallest absolute Gasteiger partial charge is 0.408 e. The summed E-state index contributed by atoms with van der Waals surface area (Å²) in [6, 6.07) is 11.0. The van der Waals surface area contributed by atoms with E-state index in [0.717, 1.165) is 5.56 Å². The molecule has 2 aromatic rings. The number of aliphatic carboxylic acids is 1. The number of carbonyl (C=O) groups excluding carboxylic acids is 2. The molecule has 33 heavy (non-hydrogen) atoms. The van der Waals surface area contributed by atoms with Gasteiger partial charge in [-0.05, 0) is 12.0 Å². The van der Waals surface area contributed by atoms with Gasteiger partial charge in [-0.15, -0.1) is 0 Å². The minimum Gasteiger partial charge on any atom is -0.496 e. The molecule has 0 aliphatic heterocycles. The van der Waals surface area contributed by atoms with Gasteiger partial charge in [0.25, 0.3) is 0 Å². The van der Waals surface area contributed by atoms with Crippen LogP contribution in [0.1, 0.15) is 24.0 Å². The molecule has 10 heteroatoms. The molecular formula is C23H28N2O8. The van der Waals surface area contributed by atoms with Gasteiger partial charge in [-0.25, -0.2) is 9.59 Å². The molecule has 0 aliphatic rings. The average molecular weight is 460 g/mol. The molecule has 2 aromatic carbocycles. The molecule has 2 rings (SSSR count). The third-order valence-corrected chi connectivity index (χ3v) is 4.74. The predicted octanol–water partition coefficient (Wildman–Crippen LogP) is 2.49. The fourth-order valence-corrected chi connectivity index (χ4v) is 2.97. The molecule has 0 aliphatic carbocycles. The number of hydrogen-bond donors (Lipinski definition) is 3. The number of benzene rings is 2. The second-order valence-corrected chi connectivity index (χ2v) is 6.92. The first-order valence-electron chi connectivity index (χ1n) is 10.1. The fraction of sp³-hybridized carbons (Fsp3) is 0.348. The van der Waals surface area contributed by atoms with Crippen molar-refractivity contribution < 1.29 is 38.4 Å². The Bertz CT molecular complexity index is 924. The van der Waals surface area contributed by atoms with Crippen LogP contribution in [-0.4, -0.2) is 50.4 Å². The van der Waals surface area contributed by atoms with Gasteiger partial charge in [0.1, 0.15) is 29.9 Å². The maximum absolute atomic E-state index is 12.3. The Hall–Kier alpha value is -3.95. The van der Waals surface area contributed by atoms with Crippen molar-refractivity contribution in [1.82, 2.24) is 10.6 Å². The molecule has 0 unspecified atom stereocenters. The van der Waals surface area contributed by atoms with Crippen molar-refractivity contribution in [3.05, 3.63) is 53.6 Å². The molecular weight excluding hydrogens is 432 g/mol. The topological polar surface area (TPSA) is 132 Å². The fourth-order valence-electron chi connectivity index (χ4n) is 2.97. The highest BCUT2D eigenvalue weighted by atomic mass is 16.5. The Balaban J connectivity index is 1.87. The summed E-state index contributed by atoms with van der Waals surface area (Å²) in [5, 5.41) is 14.3. The van der Waals surface area contributed by atoms with Crippen molar-refractivity contribution in [2.75, 3.05) is 21.3 Å². The van der Waals surface area contributed by atoms with Gasteiger partial charge in [0.15, 0.2) is 0 Å². The molecule has 2 amide bonds. The lowest BCUT2D eigenvalue weighted by Gasteiger charge is -2.16. The van der Waals surface area contributed by atoms with Gasteiger partial charge in [0, 0.05) is 18.6 Å². The molecule has 0 bridgehead atoms. The first-order valence-corrected chi connectivity index (χ1v) is 10.1. The highest BCUT2D eigenvalue weighted by Crippen LogP contribution is 2.33. The molecule has 0 saturated heterocycles. The molecule has 0 heterocycles. The van der Waals surface area contributed by atoms with Gasteiger partial charge in [0.05, 0.1) is 33.4 Å². The van der Waals surface area contributed by atoms with E-state index < -0.39 is 24.0 Å². The first kappa shape index (κ1) is 25.3. The van der Waals surface area contributed by atoms with E-state index in [1.54, 1.807) is 36.4 Å². The van der Waals surface area contributed by atoms with Crippen molar-refractivity contribution in [1.29, 1.82) is 0 Å². The summed E-state index contributed by atoms with van der Waals surface area (Å²) in [7, 11) is 4.49. The number of nitrogens with one attached hydrogen (secondary N) is 2. The second kappa shape index (κ2) is 12.8. The zero-order chi connectivity index (χ0) is 24.2. The van der Waals surface area contributed by atoms with Crippen molar-refractivity contribution in [3.63, 3.8) is 0 Å². The number of rotatable bonds is 12. The maximum Gasteiger partial charge on any atom is 0.408 e. The zero-order valence-electron chi connectivity index (χ0n) is 18.8. The van der Waals surface area contributed by atoms with Crippen molar-refractivity contribution in [3.8, 4) is 17.2 Å². The molecule has 1 atom stereocenters. The number of methoxy groups -OCH3 is 3. The summed E-state index contributed by atoms with van der Waals surface area (Å²) in [4.78, 5) is 35.7. The van der Waals surface area contributed by atoms with E-state index in [0.29, 0.717) is 22.8 Å². The van der Waals surface area contributed by atoms with Crippen LogP contribution in [0.5, 0.6) is 17.2 Å². The van der Waals surface area contributed by atoms with E-state index in [1.165, 1.54) is 21.3 Å². The van der Waals surface area contributed by atoms with Crippen molar-refractivity contribution >= 4 is 18.0 Å². The standard InChI is InChI=1S/C23H28N2O8/c1-30-16-11-19(31-2)17(20(12-16)32-3)13-24-21(26)10-9-18(22(27)28)25-23(29)33-14-15-7-5-4-6-8-15/h4-8,11-12,18H,9-10,13-14H2,1-3H3,(H,24,26)(H,25,29)(H,27,28)/t18-/m0/s1. The lowest BCUT2D eigenvalue weighted by atomic mass is 10.1. The monoisotopic (exact) mass is 460 g/mol. The van der Waals surface area contributed by atoms with Gasteiger partial charge < -0.3 is 34.7 Å². The second-order valence-electron chi connectivity index (χ2n) is 6.92. The summed E-state index contributed by atoms with van der Waals surface area (Å²) in [6.07, 6.45) is -1.12. The minimum atomic E-state index is -1.27. The number of carbonyl (C=O) groups is 3. The molecule has 0 fully saturated rings. The molecule has 178 valence electrons. The number of hydrogen-bond acceptors (Lipinski definition) is 7. The summed E-state index contributed by atoms with van der Waals surface area (Å²) in [6.45, 7) is 0.102. The van der Waals surface area contributed by atoms with Gasteiger partial charge in [-0.3, -0.25) is 4.79 Å². The van der Waals surface area contributed by atoms with E-state index in [1.807, 2.05) is 6.07 Å². The van der Waals surface area contributed by atoms with E-state index in [4.69, 9.17) is 18.9 Å². The average Bonchev–Trinajstić information content (AvgIpc) is 2.83. The Labute approximate surface area is 191 Å². The number of amides is 2. The zero-order valence-corrected chi connectivity index (χ0v) is 18.8. The highest BCUT2D eigenvalue weighted by molar-refractivity contribution is 5.81. The van der Waals surface area contributed by atoms with Crippen LogP contribution < -0.4 is 24.8 Å². The maximum atomic E-state index is 12.3. The molecule has 0 saturated carbocycles. The lowest BCUT2D eigenvalue weighted by molar-refractivity contribution is -0.139. The lowest BCUT2D eigenvalue weighted by Crippen LogP contribution is -2.41. The van der Waals surface area contributed by atoms with Gasteiger partial charge in [-0.2, -0.15) is 0 Å². The Morgan fingerprint density at radius 2 is 1.61 bits per heavy atom. The van der Waals surface area contributed by atoms with Gasteiger partial charge in [0.2, 0.25) is 5.91 Å². The van der Waals surface area contributed by atoms with Crippen LogP contribution in [0.25, 0.3) is 0 Å². The molecule has 0 spiro atoms. The Morgan fingerprint density at radius 1 is 0.970 bits per heavy atom. The third-order valence-electron chi connectivity index (χ3n) is 4.74. The summed E-state index contributed by atoms with van der Waals surface area (Å²) in [5.41, 5.74) is 1.37. The third kappa shape index (κ3) is 7.91. The van der Waals surface area contributed by atoms with E-state index in [-0.39, 0.29) is 26.0 Å². The Morgan fingerprint density at radius 3 is 2.15 bits per heavy atom. The van der Waals surface area contributed by atoms with Crippen LogP contribution in [-0.2, 0) is 27.5 Å². The van der Waals surface area contributed by atoms with Crippen LogP contribution in [0, 0.1) is 0 Å². The number of carboxylic acid groups (broad SMARTS) is 1. The molecule has 0 aromatic heterocycles. The molecule has 0 radical (unpaired) electrons. The SMILES string of the molecule is COc1cc(OC)c(CNC(=O)CC[C@H](NC(=O)OCc2ccccc2)C(=O)O)c(OC)c1. The molecule has 3 N–H and O–H groups in total. The largest absolute Gasteiger partial charge is 0.496 e. The number of ether oxygens (including phenoxy) is 4. The van der Waals surface area contributed by atoms with Crippen LogP contribution in [0.4, 0.5) is 4.79 Å². The van der Waals surface area contributed by atoms with Crippen LogP contribution >= 0.6 is 0 Å². The quantitative estimate of drug-likeness (QED) is 0.440. The van der Waals surface area contributed by atoms with Crippen LogP contribution in [0.2, 0.25) is 0 Å². The van der Waals surface area contributed by atoms with Gasteiger partial charge >= 0.3 is 12.1 Å². The summed E-state index contributed by atoms with van der Waals surface area (Å²) >= 11 is 0. The van der Waals surface area contributed by atoms with Gasteiger partial charge in [-0.1, -0.05) is 30.3 Å². The van der Waals surface area contributed by atoms with E-state index in [2.05, 4.69) is 10.6 Å². The molecule has 10 nitrogen and oxygen atoms in total. The summed E-state index contributed by atoms with van der Waals surface area (Å²) < 4.78 is 20.9. The van der Waals surface area contributed by atoms with E-state index >= 15 is 0 Å². The van der Waals surface area contributed by atoms with E-state index in [9.17, 15) is 19.5 Å². The minimum absolute atomic E-state index is 0.00499. The highest BCUT2D eigenvalue weighted by Gasteiger charge is 2.22. The van der Waals surface area contributed by atoms with Crippen molar-refractivity contribution in [2.24, 2.45) is 0 Å². The van der Waals surface area contributed by atoms with Crippen LogP contribution in [0.15, 0.2) is 42.5 Å². The number of alkyl carbamates (subject to hydrolysis) is 1. The first-order chi connectivity index (χ1) is 15.9. The van der Waals surface area contributed by atoms with Crippen molar-refractivity contribution in [2.45, 2.75) is 32.0 Å². The predicted molar refractivity (Wildman–Crippen MR) is 118 cm³/mol. The Kier molecular flexibility index (Phi) is 9.81. The summed E-state index contributed by atoms with van der Waals surface area (Å²) in [5.74, 6) is -0.192. The number of carboxylic acids is 1.